The number of aromatic nitrogens is 1. The molecule has 0 radical (unpaired) electrons. The first-order chi connectivity index (χ1) is 8.58. The molecule has 0 bridgehead atoms. The highest BCUT2D eigenvalue weighted by Crippen LogP contribution is 2.26. The van der Waals surface area contributed by atoms with E-state index in [4.69, 9.17) is 0 Å². The Bertz CT molecular complexity index is 567. The number of hydrogen-bond donors (Lipinski definition) is 1. The van der Waals surface area contributed by atoms with Gasteiger partial charge in [-0.3, -0.25) is 10.1 Å². The quantitative estimate of drug-likeness (QED) is 0.679. The molecule has 94 valence electrons. The molecule has 0 aliphatic heterocycles. The Morgan fingerprint density at radius 1 is 1.39 bits per heavy atom. The summed E-state index contributed by atoms with van der Waals surface area (Å²) in [5.41, 5.74) is 2.59. The number of benzene rings is 1. The molecule has 0 saturated heterocycles. The van der Waals surface area contributed by atoms with Gasteiger partial charge in [-0.15, -0.1) is 11.3 Å². The zero-order valence-electron chi connectivity index (χ0n) is 10.1. The van der Waals surface area contributed by atoms with Gasteiger partial charge < -0.3 is 5.32 Å². The maximum atomic E-state index is 10.9. The smallest absolute Gasteiger partial charge is 0.274 e. The summed E-state index contributed by atoms with van der Waals surface area (Å²) in [5, 5.41) is 16.9. The summed E-state index contributed by atoms with van der Waals surface area (Å²) in [4.78, 5) is 14.7. The van der Waals surface area contributed by atoms with Crippen LogP contribution in [-0.4, -0.2) is 9.91 Å². The third kappa shape index (κ3) is 2.65. The molecular weight excluding hydrogens is 250 g/mol. The number of nitrogens with zero attached hydrogens (tertiary/aromatic N) is 2. The Hall–Kier alpha value is -1.95. The van der Waals surface area contributed by atoms with Gasteiger partial charge in [0.15, 0.2) is 0 Å². The van der Waals surface area contributed by atoms with Crippen molar-refractivity contribution in [2.75, 3.05) is 5.32 Å². The molecule has 0 aliphatic rings. The van der Waals surface area contributed by atoms with Crippen LogP contribution >= 0.6 is 11.3 Å². The molecule has 2 rings (SSSR count). The molecule has 0 aliphatic carbocycles. The van der Waals surface area contributed by atoms with E-state index >= 15 is 0 Å². The van der Waals surface area contributed by atoms with E-state index in [1.165, 1.54) is 0 Å². The number of nitro groups is 1. The lowest BCUT2D eigenvalue weighted by atomic mass is 10.1. The van der Waals surface area contributed by atoms with Crippen LogP contribution in [0.2, 0.25) is 0 Å². The van der Waals surface area contributed by atoms with Crippen LogP contribution in [0.3, 0.4) is 0 Å². The second-order valence-corrected chi connectivity index (χ2v) is 4.97. The molecule has 18 heavy (non-hydrogen) atoms. The molecule has 1 aromatic heterocycles. The maximum Gasteiger partial charge on any atom is 0.274 e. The first kappa shape index (κ1) is 12.5. The monoisotopic (exact) mass is 263 g/mol. The number of anilines is 1. The summed E-state index contributed by atoms with van der Waals surface area (Å²) in [6.45, 7) is 4.26. The lowest BCUT2D eigenvalue weighted by molar-refractivity contribution is -0.385. The van der Waals surface area contributed by atoms with E-state index in [1.807, 2.05) is 18.4 Å². The Labute approximate surface area is 109 Å². The van der Waals surface area contributed by atoms with Gasteiger partial charge in [0.2, 0.25) is 0 Å². The zero-order chi connectivity index (χ0) is 13.1. The number of thiazole rings is 1. The largest absolute Gasteiger partial charge is 0.378 e. The van der Waals surface area contributed by atoms with E-state index in [0.717, 1.165) is 16.3 Å². The van der Waals surface area contributed by atoms with Crippen molar-refractivity contribution >= 4 is 22.7 Å². The van der Waals surface area contributed by atoms with Gasteiger partial charge in [0.25, 0.3) is 5.69 Å². The van der Waals surface area contributed by atoms with Crippen LogP contribution in [0, 0.1) is 24.0 Å². The molecule has 0 amide bonds. The SMILES string of the molecule is Cc1cc(C)c([N+](=O)[O-])cc1NCc1nccs1. The Morgan fingerprint density at radius 3 is 2.78 bits per heavy atom. The Morgan fingerprint density at radius 2 is 2.17 bits per heavy atom. The highest BCUT2D eigenvalue weighted by Gasteiger charge is 2.13. The van der Waals surface area contributed by atoms with E-state index in [1.54, 1.807) is 30.5 Å². The van der Waals surface area contributed by atoms with Crippen molar-refractivity contribution in [1.82, 2.24) is 4.98 Å². The minimum Gasteiger partial charge on any atom is -0.378 e. The van der Waals surface area contributed by atoms with Crippen molar-refractivity contribution in [1.29, 1.82) is 0 Å². The van der Waals surface area contributed by atoms with Crippen LogP contribution in [0.15, 0.2) is 23.7 Å². The topological polar surface area (TPSA) is 68.1 Å². The second-order valence-electron chi connectivity index (χ2n) is 3.99. The molecule has 1 heterocycles. The van der Waals surface area contributed by atoms with Gasteiger partial charge in [-0.2, -0.15) is 0 Å². The molecule has 0 fully saturated rings. The minimum atomic E-state index is -0.358. The number of nitro benzene ring substituents is 1. The van der Waals surface area contributed by atoms with Crippen molar-refractivity contribution in [3.05, 3.63) is 50.0 Å². The van der Waals surface area contributed by atoms with Crippen LogP contribution in [0.4, 0.5) is 11.4 Å². The van der Waals surface area contributed by atoms with E-state index < -0.39 is 0 Å². The summed E-state index contributed by atoms with van der Waals surface area (Å²) in [6, 6.07) is 3.40. The Balaban J connectivity index is 2.22. The minimum absolute atomic E-state index is 0.141. The van der Waals surface area contributed by atoms with Crippen molar-refractivity contribution in [3.63, 3.8) is 0 Å². The molecule has 0 spiro atoms. The fourth-order valence-corrected chi connectivity index (χ4v) is 2.30. The van der Waals surface area contributed by atoms with E-state index in [0.29, 0.717) is 12.1 Å². The van der Waals surface area contributed by atoms with Crippen LogP contribution in [0.25, 0.3) is 0 Å². The first-order valence-electron chi connectivity index (χ1n) is 5.46. The average molecular weight is 263 g/mol. The van der Waals surface area contributed by atoms with Crippen molar-refractivity contribution in [2.45, 2.75) is 20.4 Å². The molecule has 0 unspecified atom stereocenters. The number of aryl methyl sites for hydroxylation is 2. The molecule has 5 nitrogen and oxygen atoms in total. The molecule has 0 saturated carbocycles. The van der Waals surface area contributed by atoms with E-state index in [9.17, 15) is 10.1 Å². The van der Waals surface area contributed by atoms with Crippen LogP contribution < -0.4 is 5.32 Å². The highest BCUT2D eigenvalue weighted by atomic mass is 32.1. The standard InChI is InChI=1S/C12H13N3O2S/c1-8-5-9(2)11(15(16)17)6-10(8)14-7-12-13-3-4-18-12/h3-6,14H,7H2,1-2H3. The molecule has 0 atom stereocenters. The first-order valence-corrected chi connectivity index (χ1v) is 6.34. The van der Waals surface area contributed by atoms with Gasteiger partial charge in [0, 0.05) is 28.9 Å². The van der Waals surface area contributed by atoms with Gasteiger partial charge in [-0.25, -0.2) is 4.98 Å². The van der Waals surface area contributed by atoms with E-state index in [2.05, 4.69) is 10.3 Å². The zero-order valence-corrected chi connectivity index (χ0v) is 11.0. The summed E-state index contributed by atoms with van der Waals surface area (Å²) < 4.78 is 0. The lowest BCUT2D eigenvalue weighted by Crippen LogP contribution is -2.02. The van der Waals surface area contributed by atoms with Crippen molar-refractivity contribution in [2.24, 2.45) is 0 Å². The normalized spacial score (nSPS) is 10.3. The number of nitrogens with one attached hydrogen (secondary N) is 1. The van der Waals surface area contributed by atoms with Crippen molar-refractivity contribution < 1.29 is 4.92 Å². The number of hydrogen-bond acceptors (Lipinski definition) is 5. The maximum absolute atomic E-state index is 10.9. The second kappa shape index (κ2) is 5.14. The molecule has 1 aromatic carbocycles. The third-order valence-electron chi connectivity index (χ3n) is 2.65. The summed E-state index contributed by atoms with van der Waals surface area (Å²) in [7, 11) is 0. The number of rotatable bonds is 4. The van der Waals surface area contributed by atoms with E-state index in [-0.39, 0.29) is 10.6 Å². The van der Waals surface area contributed by atoms with Crippen molar-refractivity contribution in [3.8, 4) is 0 Å². The summed E-state index contributed by atoms with van der Waals surface area (Å²) in [6.07, 6.45) is 1.74. The summed E-state index contributed by atoms with van der Waals surface area (Å²) >= 11 is 1.55. The predicted molar refractivity (Wildman–Crippen MR) is 72.0 cm³/mol. The summed E-state index contributed by atoms with van der Waals surface area (Å²) in [5.74, 6) is 0. The average Bonchev–Trinajstić information content (AvgIpc) is 2.80. The van der Waals surface area contributed by atoms with Gasteiger partial charge in [-0.05, 0) is 25.5 Å². The van der Waals surface area contributed by atoms with Gasteiger partial charge in [-0.1, -0.05) is 0 Å². The fraction of sp³-hybridized carbons (Fsp3) is 0.250. The highest BCUT2D eigenvalue weighted by molar-refractivity contribution is 7.09. The fourth-order valence-electron chi connectivity index (χ4n) is 1.74. The van der Waals surface area contributed by atoms with Gasteiger partial charge in [0.1, 0.15) is 5.01 Å². The van der Waals surface area contributed by atoms with Gasteiger partial charge in [0.05, 0.1) is 11.5 Å². The Kier molecular flexibility index (Phi) is 3.57. The van der Waals surface area contributed by atoms with Crippen LogP contribution in [0.5, 0.6) is 0 Å². The van der Waals surface area contributed by atoms with Crippen LogP contribution in [-0.2, 0) is 6.54 Å². The molecular formula is C12H13N3O2S. The molecule has 6 heteroatoms. The predicted octanol–water partition coefficient (Wildman–Crippen LogP) is 3.28. The van der Waals surface area contributed by atoms with Crippen LogP contribution in [0.1, 0.15) is 16.1 Å². The lowest BCUT2D eigenvalue weighted by Gasteiger charge is -2.09. The molecule has 1 N–H and O–H groups in total. The molecule has 2 aromatic rings. The van der Waals surface area contributed by atoms with Gasteiger partial charge >= 0.3 is 0 Å². The third-order valence-corrected chi connectivity index (χ3v) is 3.43.